The van der Waals surface area contributed by atoms with E-state index in [4.69, 9.17) is 10.2 Å². The number of aryl methyl sites for hydroxylation is 1. The molecule has 0 bridgehead atoms. The fourth-order valence-corrected chi connectivity index (χ4v) is 3.59. The van der Waals surface area contributed by atoms with Crippen molar-refractivity contribution < 1.29 is 0 Å². The van der Waals surface area contributed by atoms with E-state index < -0.39 is 0 Å². The predicted octanol–water partition coefficient (Wildman–Crippen LogP) is 1.82. The van der Waals surface area contributed by atoms with Crippen molar-refractivity contribution in [3.05, 3.63) is 22.9 Å². The third-order valence-corrected chi connectivity index (χ3v) is 4.57. The highest BCUT2D eigenvalue weighted by Crippen LogP contribution is 2.33. The molecule has 0 amide bonds. The molecule has 3 rings (SSSR count). The van der Waals surface area contributed by atoms with E-state index in [0.717, 1.165) is 38.9 Å². The zero-order valence-electron chi connectivity index (χ0n) is 12.2. The number of nitriles is 1. The molecule has 1 unspecified atom stereocenters. The summed E-state index contributed by atoms with van der Waals surface area (Å²) in [4.78, 5) is 7.24. The van der Waals surface area contributed by atoms with Crippen LogP contribution < -0.4 is 10.2 Å². The zero-order valence-corrected chi connectivity index (χ0v) is 12.2. The molecule has 1 N–H and O–H groups in total. The quantitative estimate of drug-likeness (QED) is 0.910. The Balaban J connectivity index is 1.97. The minimum atomic E-state index is 0.587. The zero-order chi connectivity index (χ0) is 13.9. The Bertz CT molecular complexity index is 532. The first kappa shape index (κ1) is 13.4. The van der Waals surface area contributed by atoms with Crippen molar-refractivity contribution in [2.24, 2.45) is 0 Å². The standard InChI is InChI=1S/C16H22N4/c1-2-14-12(4-3-7-17)10-19-16-15(14)6-5-13-11-18-8-9-20(13)16/h10,13,18H,2-6,8-9,11H2,1H3. The van der Waals surface area contributed by atoms with Crippen LogP contribution in [0.4, 0.5) is 5.82 Å². The molecule has 1 aromatic heterocycles. The highest BCUT2D eigenvalue weighted by Gasteiger charge is 2.30. The molecule has 0 saturated carbocycles. The molecule has 0 aromatic carbocycles. The van der Waals surface area contributed by atoms with Crippen LogP contribution in [0, 0.1) is 11.3 Å². The van der Waals surface area contributed by atoms with Crippen LogP contribution >= 0.6 is 0 Å². The molecule has 0 radical (unpaired) electrons. The largest absolute Gasteiger partial charge is 0.351 e. The Labute approximate surface area is 120 Å². The van der Waals surface area contributed by atoms with Crippen molar-refractivity contribution in [3.8, 4) is 6.07 Å². The van der Waals surface area contributed by atoms with Crippen LogP contribution in [0.1, 0.15) is 36.5 Å². The van der Waals surface area contributed by atoms with Crippen LogP contribution in [0.2, 0.25) is 0 Å². The van der Waals surface area contributed by atoms with Gasteiger partial charge < -0.3 is 10.2 Å². The van der Waals surface area contributed by atoms with Gasteiger partial charge in [0.1, 0.15) is 5.82 Å². The number of pyridine rings is 1. The summed E-state index contributed by atoms with van der Waals surface area (Å²) in [5.41, 5.74) is 4.17. The summed E-state index contributed by atoms with van der Waals surface area (Å²) in [6, 6.07) is 2.86. The Morgan fingerprint density at radius 1 is 1.55 bits per heavy atom. The molecule has 0 spiro atoms. The predicted molar refractivity (Wildman–Crippen MR) is 79.9 cm³/mol. The summed E-state index contributed by atoms with van der Waals surface area (Å²) >= 11 is 0. The van der Waals surface area contributed by atoms with E-state index in [-0.39, 0.29) is 0 Å². The monoisotopic (exact) mass is 270 g/mol. The highest BCUT2D eigenvalue weighted by molar-refractivity contribution is 5.56. The summed E-state index contributed by atoms with van der Waals surface area (Å²) in [6.07, 6.45) is 6.83. The van der Waals surface area contributed by atoms with Gasteiger partial charge in [-0.25, -0.2) is 4.98 Å². The van der Waals surface area contributed by atoms with E-state index in [1.165, 1.54) is 28.9 Å². The molecule has 20 heavy (non-hydrogen) atoms. The molecule has 4 nitrogen and oxygen atoms in total. The second kappa shape index (κ2) is 5.80. The lowest BCUT2D eigenvalue weighted by atomic mass is 9.89. The lowest BCUT2D eigenvalue weighted by Crippen LogP contribution is -2.53. The number of fused-ring (bicyclic) bond motifs is 3. The third-order valence-electron chi connectivity index (χ3n) is 4.57. The Morgan fingerprint density at radius 2 is 2.45 bits per heavy atom. The number of hydrogen-bond acceptors (Lipinski definition) is 4. The Morgan fingerprint density at radius 3 is 3.25 bits per heavy atom. The number of nitrogens with zero attached hydrogens (tertiary/aromatic N) is 3. The normalized spacial score (nSPS) is 21.0. The van der Waals surface area contributed by atoms with Crippen LogP contribution in [0.5, 0.6) is 0 Å². The van der Waals surface area contributed by atoms with Gasteiger partial charge in [-0.3, -0.25) is 0 Å². The topological polar surface area (TPSA) is 52.0 Å². The molecule has 1 saturated heterocycles. The maximum absolute atomic E-state index is 8.80. The smallest absolute Gasteiger partial charge is 0.132 e. The minimum absolute atomic E-state index is 0.587. The van der Waals surface area contributed by atoms with Crippen LogP contribution in [0.25, 0.3) is 0 Å². The maximum Gasteiger partial charge on any atom is 0.132 e. The van der Waals surface area contributed by atoms with Crippen molar-refractivity contribution in [3.63, 3.8) is 0 Å². The number of piperazine rings is 1. The van der Waals surface area contributed by atoms with Crippen LogP contribution in [0.3, 0.4) is 0 Å². The lowest BCUT2D eigenvalue weighted by molar-refractivity contribution is 0.434. The molecule has 106 valence electrons. The van der Waals surface area contributed by atoms with E-state index in [1.807, 2.05) is 6.20 Å². The van der Waals surface area contributed by atoms with Crippen LogP contribution in [0.15, 0.2) is 6.20 Å². The number of hydrogen-bond donors (Lipinski definition) is 1. The second-order valence-corrected chi connectivity index (χ2v) is 5.67. The fourth-order valence-electron chi connectivity index (χ4n) is 3.59. The third kappa shape index (κ3) is 2.27. The van der Waals surface area contributed by atoms with E-state index in [0.29, 0.717) is 12.5 Å². The summed E-state index contributed by atoms with van der Waals surface area (Å²) in [6.45, 7) is 5.41. The first-order valence-electron chi connectivity index (χ1n) is 7.69. The van der Waals surface area contributed by atoms with Crippen molar-refractivity contribution in [1.29, 1.82) is 5.26 Å². The lowest BCUT2D eigenvalue weighted by Gasteiger charge is -2.42. The first-order valence-corrected chi connectivity index (χ1v) is 7.69. The fraction of sp³-hybridized carbons (Fsp3) is 0.625. The number of aromatic nitrogens is 1. The van der Waals surface area contributed by atoms with Crippen molar-refractivity contribution >= 4 is 5.82 Å². The molecule has 4 heteroatoms. The second-order valence-electron chi connectivity index (χ2n) is 5.67. The molecule has 2 aliphatic rings. The van der Waals surface area contributed by atoms with Crippen molar-refractivity contribution in [2.75, 3.05) is 24.5 Å². The maximum atomic E-state index is 8.80. The molecule has 3 heterocycles. The summed E-state index contributed by atoms with van der Waals surface area (Å²) in [5, 5.41) is 12.3. The average molecular weight is 270 g/mol. The molecule has 0 aliphatic carbocycles. The van der Waals surface area contributed by atoms with Gasteiger partial charge >= 0.3 is 0 Å². The number of rotatable bonds is 3. The molecule has 2 aliphatic heterocycles. The van der Waals surface area contributed by atoms with Gasteiger partial charge in [0.2, 0.25) is 0 Å². The SMILES string of the molecule is CCc1c(CCC#N)cnc2c1CCC1CNCCN21. The molecule has 1 fully saturated rings. The van der Waals surface area contributed by atoms with Gasteiger partial charge in [0, 0.05) is 38.3 Å². The minimum Gasteiger partial charge on any atom is -0.351 e. The molecule has 1 atom stereocenters. The van der Waals surface area contributed by atoms with Crippen molar-refractivity contribution in [2.45, 2.75) is 45.1 Å². The Kier molecular flexibility index (Phi) is 3.88. The van der Waals surface area contributed by atoms with Gasteiger partial charge in [0.15, 0.2) is 0 Å². The van der Waals surface area contributed by atoms with Gasteiger partial charge in [0.25, 0.3) is 0 Å². The van der Waals surface area contributed by atoms with Crippen LogP contribution in [-0.2, 0) is 19.3 Å². The van der Waals surface area contributed by atoms with Crippen molar-refractivity contribution in [1.82, 2.24) is 10.3 Å². The number of nitrogens with one attached hydrogen (secondary N) is 1. The average Bonchev–Trinajstić information content (AvgIpc) is 2.51. The van der Waals surface area contributed by atoms with Gasteiger partial charge in [-0.1, -0.05) is 6.92 Å². The Hall–Kier alpha value is -1.60. The van der Waals surface area contributed by atoms with Gasteiger partial charge in [0.05, 0.1) is 6.07 Å². The van der Waals surface area contributed by atoms with Crippen LogP contribution in [-0.4, -0.2) is 30.7 Å². The first-order chi connectivity index (χ1) is 9.85. The number of anilines is 1. The van der Waals surface area contributed by atoms with Gasteiger partial charge in [-0.05, 0) is 42.4 Å². The molecular weight excluding hydrogens is 248 g/mol. The van der Waals surface area contributed by atoms with E-state index in [1.54, 1.807) is 0 Å². The van der Waals surface area contributed by atoms with E-state index >= 15 is 0 Å². The highest BCUT2D eigenvalue weighted by atomic mass is 15.3. The summed E-state index contributed by atoms with van der Waals surface area (Å²) in [5.74, 6) is 1.21. The molecule has 1 aromatic rings. The summed E-state index contributed by atoms with van der Waals surface area (Å²) < 4.78 is 0. The van der Waals surface area contributed by atoms with E-state index in [9.17, 15) is 0 Å². The molecular formula is C16H22N4. The summed E-state index contributed by atoms with van der Waals surface area (Å²) in [7, 11) is 0. The van der Waals surface area contributed by atoms with Gasteiger partial charge in [-0.2, -0.15) is 5.26 Å². The van der Waals surface area contributed by atoms with E-state index in [2.05, 4.69) is 23.2 Å². The van der Waals surface area contributed by atoms with Gasteiger partial charge in [-0.15, -0.1) is 0 Å².